The van der Waals surface area contributed by atoms with Crippen molar-refractivity contribution in [2.75, 3.05) is 19.6 Å². The average Bonchev–Trinajstić information content (AvgIpc) is 3.42. The molecule has 0 N–H and O–H groups in total. The Bertz CT molecular complexity index is 829. The van der Waals surface area contributed by atoms with Gasteiger partial charge in [-0.05, 0) is 44.9 Å². The highest BCUT2D eigenvalue weighted by molar-refractivity contribution is 7.89. The maximum atomic E-state index is 13.0. The molecule has 0 bridgehead atoms. The lowest BCUT2D eigenvalue weighted by Gasteiger charge is -2.34. The van der Waals surface area contributed by atoms with E-state index in [1.54, 1.807) is 13.8 Å². The number of nitrogens with zero attached hydrogens (tertiary/aromatic N) is 2. The van der Waals surface area contributed by atoms with Crippen LogP contribution in [0.25, 0.3) is 0 Å². The summed E-state index contributed by atoms with van der Waals surface area (Å²) in [5, 5.41) is 0. The van der Waals surface area contributed by atoms with E-state index in [-0.39, 0.29) is 35.8 Å². The highest BCUT2D eigenvalue weighted by Gasteiger charge is 2.41. The molecule has 0 radical (unpaired) electrons. The number of hydrogen-bond donors (Lipinski definition) is 0. The van der Waals surface area contributed by atoms with E-state index in [1.165, 1.54) is 22.5 Å². The third kappa shape index (κ3) is 4.84. The minimum atomic E-state index is -4.51. The van der Waals surface area contributed by atoms with Gasteiger partial charge in [-0.1, -0.05) is 6.07 Å². The number of morpholine rings is 1. The molecule has 0 spiro atoms. The van der Waals surface area contributed by atoms with Crippen LogP contribution >= 0.6 is 0 Å². The van der Waals surface area contributed by atoms with Crippen LogP contribution in [0, 0.1) is 0 Å². The first-order chi connectivity index (χ1) is 13.0. The van der Waals surface area contributed by atoms with Crippen LogP contribution in [0.5, 0.6) is 0 Å². The van der Waals surface area contributed by atoms with Crippen molar-refractivity contribution in [3.63, 3.8) is 0 Å². The second kappa shape index (κ2) is 7.64. The summed E-state index contributed by atoms with van der Waals surface area (Å²) in [4.78, 5) is 13.3. The SMILES string of the molecule is C[C@H]1CN(S(=O)(=O)c2cccc(C(=O)N(CC(F)(F)F)C3CC3)c2)C[C@H](C)O1. The van der Waals surface area contributed by atoms with E-state index in [0.29, 0.717) is 12.8 Å². The highest BCUT2D eigenvalue weighted by Crippen LogP contribution is 2.32. The monoisotopic (exact) mass is 420 g/mol. The summed E-state index contributed by atoms with van der Waals surface area (Å²) in [6.07, 6.45) is -4.03. The predicted octanol–water partition coefficient (Wildman–Crippen LogP) is 2.65. The Hall–Kier alpha value is -1.65. The fourth-order valence-corrected chi connectivity index (χ4v) is 5.01. The first-order valence-electron chi connectivity index (χ1n) is 9.11. The molecule has 6 nitrogen and oxygen atoms in total. The van der Waals surface area contributed by atoms with Gasteiger partial charge in [-0.15, -0.1) is 0 Å². The number of halogens is 3. The zero-order valence-electron chi connectivity index (χ0n) is 15.6. The summed E-state index contributed by atoms with van der Waals surface area (Å²) in [6.45, 7) is 2.54. The van der Waals surface area contributed by atoms with Gasteiger partial charge in [0.15, 0.2) is 0 Å². The largest absolute Gasteiger partial charge is 0.406 e. The molecule has 28 heavy (non-hydrogen) atoms. The zero-order valence-corrected chi connectivity index (χ0v) is 16.5. The lowest BCUT2D eigenvalue weighted by molar-refractivity contribution is -0.141. The van der Waals surface area contributed by atoms with Gasteiger partial charge in [0.05, 0.1) is 17.1 Å². The van der Waals surface area contributed by atoms with Crippen LogP contribution in [0.1, 0.15) is 37.0 Å². The molecule has 2 aliphatic rings. The van der Waals surface area contributed by atoms with Crippen LogP contribution in [0.15, 0.2) is 29.2 Å². The summed E-state index contributed by atoms with van der Waals surface area (Å²) < 4.78 is 71.3. The van der Waals surface area contributed by atoms with Gasteiger partial charge in [-0.2, -0.15) is 17.5 Å². The average molecular weight is 420 g/mol. The lowest BCUT2D eigenvalue weighted by atomic mass is 10.2. The van der Waals surface area contributed by atoms with Crippen LogP contribution < -0.4 is 0 Å². The number of hydrogen-bond acceptors (Lipinski definition) is 4. The van der Waals surface area contributed by atoms with E-state index >= 15 is 0 Å². The summed E-state index contributed by atoms with van der Waals surface area (Å²) in [7, 11) is -3.89. The van der Waals surface area contributed by atoms with Crippen LogP contribution in [-0.4, -0.2) is 67.6 Å². The Kier molecular flexibility index (Phi) is 5.75. The Morgan fingerprint density at radius 3 is 2.36 bits per heavy atom. The van der Waals surface area contributed by atoms with Crippen molar-refractivity contribution in [2.24, 2.45) is 0 Å². The minimum absolute atomic E-state index is 0.0634. The molecule has 10 heteroatoms. The number of alkyl halides is 3. The zero-order chi connectivity index (χ0) is 20.7. The number of benzene rings is 1. The van der Waals surface area contributed by atoms with Crippen LogP contribution in [-0.2, 0) is 14.8 Å². The number of carbonyl (C=O) groups excluding carboxylic acids is 1. The number of rotatable bonds is 5. The van der Waals surface area contributed by atoms with Crippen molar-refractivity contribution in [1.82, 2.24) is 9.21 Å². The molecule has 0 unspecified atom stereocenters. The first kappa shape index (κ1) is 21.1. The second-order valence-electron chi connectivity index (χ2n) is 7.39. The standard InChI is InChI=1S/C18H23F3N2O4S/c1-12-9-22(10-13(2)27-12)28(25,26)16-5-3-4-14(8-16)17(24)23(15-6-7-15)11-18(19,20)21/h3-5,8,12-13,15H,6-7,9-11H2,1-2H3/t12-,13-/m0/s1. The van der Waals surface area contributed by atoms with E-state index in [1.807, 2.05) is 0 Å². The van der Waals surface area contributed by atoms with Crippen molar-refractivity contribution in [1.29, 1.82) is 0 Å². The van der Waals surface area contributed by atoms with E-state index in [0.717, 1.165) is 11.0 Å². The van der Waals surface area contributed by atoms with Gasteiger partial charge in [0.2, 0.25) is 10.0 Å². The smallest absolute Gasteiger partial charge is 0.373 e. The Labute approximate surface area is 162 Å². The van der Waals surface area contributed by atoms with E-state index < -0.39 is 34.7 Å². The quantitative estimate of drug-likeness (QED) is 0.735. The summed E-state index contributed by atoms with van der Waals surface area (Å²) >= 11 is 0. The molecule has 1 aromatic rings. The van der Waals surface area contributed by atoms with Gasteiger partial charge >= 0.3 is 6.18 Å². The van der Waals surface area contributed by atoms with Crippen LogP contribution in [0.3, 0.4) is 0 Å². The van der Waals surface area contributed by atoms with E-state index in [2.05, 4.69) is 0 Å². The van der Waals surface area contributed by atoms with Gasteiger partial charge in [0, 0.05) is 24.7 Å². The van der Waals surface area contributed by atoms with Crippen molar-refractivity contribution in [3.8, 4) is 0 Å². The fraction of sp³-hybridized carbons (Fsp3) is 0.611. The molecule has 1 aromatic carbocycles. The molecule has 156 valence electrons. The molecule has 1 aliphatic heterocycles. The van der Waals surface area contributed by atoms with Crippen molar-refractivity contribution in [2.45, 2.75) is 56.0 Å². The summed E-state index contributed by atoms with van der Waals surface area (Å²) in [6, 6.07) is 4.79. The topological polar surface area (TPSA) is 66.9 Å². The minimum Gasteiger partial charge on any atom is -0.373 e. The summed E-state index contributed by atoms with van der Waals surface area (Å²) in [5.41, 5.74) is -0.0634. The normalized spacial score (nSPS) is 24.2. The maximum absolute atomic E-state index is 13.0. The van der Waals surface area contributed by atoms with Gasteiger partial charge < -0.3 is 9.64 Å². The molecule has 1 aliphatic carbocycles. The molecule has 1 saturated carbocycles. The molecule has 1 saturated heterocycles. The Balaban J connectivity index is 1.86. The van der Waals surface area contributed by atoms with Crippen molar-refractivity contribution < 1.29 is 31.1 Å². The van der Waals surface area contributed by atoms with Gasteiger partial charge in [-0.25, -0.2) is 8.42 Å². The molecular formula is C18H23F3N2O4S. The number of ether oxygens (including phenoxy) is 1. The number of sulfonamides is 1. The Morgan fingerprint density at radius 1 is 1.21 bits per heavy atom. The Morgan fingerprint density at radius 2 is 1.82 bits per heavy atom. The van der Waals surface area contributed by atoms with Crippen molar-refractivity contribution >= 4 is 15.9 Å². The van der Waals surface area contributed by atoms with E-state index in [9.17, 15) is 26.4 Å². The highest BCUT2D eigenvalue weighted by atomic mass is 32.2. The molecule has 1 heterocycles. The van der Waals surface area contributed by atoms with E-state index in [4.69, 9.17) is 4.74 Å². The van der Waals surface area contributed by atoms with Crippen molar-refractivity contribution in [3.05, 3.63) is 29.8 Å². The summed E-state index contributed by atoms with van der Waals surface area (Å²) in [5.74, 6) is -0.805. The molecular weight excluding hydrogens is 397 g/mol. The lowest BCUT2D eigenvalue weighted by Crippen LogP contribution is -2.48. The van der Waals surface area contributed by atoms with Gasteiger partial charge in [-0.3, -0.25) is 4.79 Å². The predicted molar refractivity (Wildman–Crippen MR) is 95.3 cm³/mol. The second-order valence-corrected chi connectivity index (χ2v) is 9.32. The fourth-order valence-electron chi connectivity index (χ4n) is 3.38. The number of carbonyl (C=O) groups is 1. The van der Waals surface area contributed by atoms with Crippen LogP contribution in [0.4, 0.5) is 13.2 Å². The van der Waals surface area contributed by atoms with Gasteiger partial charge in [0.1, 0.15) is 6.54 Å². The third-order valence-electron chi connectivity index (χ3n) is 4.70. The molecule has 0 aromatic heterocycles. The maximum Gasteiger partial charge on any atom is 0.406 e. The molecule has 2 fully saturated rings. The number of amides is 1. The molecule has 1 amide bonds. The van der Waals surface area contributed by atoms with Gasteiger partial charge in [0.25, 0.3) is 5.91 Å². The first-order valence-corrected chi connectivity index (χ1v) is 10.5. The third-order valence-corrected chi connectivity index (χ3v) is 6.53. The molecule has 3 rings (SSSR count). The van der Waals surface area contributed by atoms with Crippen LogP contribution in [0.2, 0.25) is 0 Å². The molecule has 2 atom stereocenters.